The number of nitrogens with zero attached hydrogens (tertiary/aromatic N) is 1. The van der Waals surface area contributed by atoms with Crippen molar-refractivity contribution in [3.8, 4) is 0 Å². The smallest absolute Gasteiger partial charge is 0.0602 e. The maximum atomic E-state index is 4.44. The van der Waals surface area contributed by atoms with Crippen LogP contribution in [0.1, 0.15) is 37.1 Å². The van der Waals surface area contributed by atoms with Crippen LogP contribution in [0.5, 0.6) is 0 Å². The molecular formula is C13H20N2. The van der Waals surface area contributed by atoms with E-state index >= 15 is 0 Å². The standard InChI is InChI=1S/C13H20N2/c1-10(2)7-8-12(14-4)13-11(3)6-5-9-15-13/h5-6,9,12,14H,1,7-8H2,2-4H3. The van der Waals surface area contributed by atoms with E-state index in [0.717, 1.165) is 18.5 Å². The van der Waals surface area contributed by atoms with E-state index in [-0.39, 0.29) is 0 Å². The molecule has 1 aromatic rings. The first-order valence-electron chi connectivity index (χ1n) is 5.38. The molecule has 2 nitrogen and oxygen atoms in total. The lowest BCUT2D eigenvalue weighted by atomic mass is 10.0. The Balaban J connectivity index is 2.74. The third kappa shape index (κ3) is 3.48. The van der Waals surface area contributed by atoms with Gasteiger partial charge in [-0.2, -0.15) is 0 Å². The van der Waals surface area contributed by atoms with Gasteiger partial charge in [0.2, 0.25) is 0 Å². The quantitative estimate of drug-likeness (QED) is 0.746. The molecule has 0 aliphatic heterocycles. The maximum absolute atomic E-state index is 4.44. The van der Waals surface area contributed by atoms with E-state index in [0.29, 0.717) is 6.04 Å². The number of rotatable bonds is 5. The average molecular weight is 204 g/mol. The highest BCUT2D eigenvalue weighted by molar-refractivity contribution is 5.21. The molecule has 15 heavy (non-hydrogen) atoms. The molecule has 1 atom stereocenters. The van der Waals surface area contributed by atoms with Gasteiger partial charge in [0, 0.05) is 12.2 Å². The maximum Gasteiger partial charge on any atom is 0.0602 e. The van der Waals surface area contributed by atoms with Crippen LogP contribution in [-0.2, 0) is 0 Å². The Bertz CT molecular complexity index is 331. The van der Waals surface area contributed by atoms with Crippen molar-refractivity contribution in [2.75, 3.05) is 7.05 Å². The fourth-order valence-electron chi connectivity index (χ4n) is 1.67. The Morgan fingerprint density at radius 3 is 2.87 bits per heavy atom. The normalized spacial score (nSPS) is 12.5. The van der Waals surface area contributed by atoms with Gasteiger partial charge in [0.15, 0.2) is 0 Å². The Hall–Kier alpha value is -1.15. The summed E-state index contributed by atoms with van der Waals surface area (Å²) < 4.78 is 0. The second-order valence-corrected chi connectivity index (χ2v) is 4.04. The summed E-state index contributed by atoms with van der Waals surface area (Å²) >= 11 is 0. The molecule has 0 amide bonds. The van der Waals surface area contributed by atoms with Crippen molar-refractivity contribution in [3.63, 3.8) is 0 Å². The van der Waals surface area contributed by atoms with Crippen molar-refractivity contribution in [1.29, 1.82) is 0 Å². The van der Waals surface area contributed by atoms with Crippen LogP contribution in [0.2, 0.25) is 0 Å². The summed E-state index contributed by atoms with van der Waals surface area (Å²) in [7, 11) is 1.98. The monoisotopic (exact) mass is 204 g/mol. The molecule has 0 fully saturated rings. The minimum absolute atomic E-state index is 0.336. The van der Waals surface area contributed by atoms with Gasteiger partial charge < -0.3 is 5.32 Å². The highest BCUT2D eigenvalue weighted by Crippen LogP contribution is 2.20. The molecule has 1 rings (SSSR count). The minimum Gasteiger partial charge on any atom is -0.312 e. The zero-order chi connectivity index (χ0) is 11.3. The Morgan fingerprint density at radius 2 is 2.33 bits per heavy atom. The molecule has 0 radical (unpaired) electrons. The third-order valence-electron chi connectivity index (χ3n) is 2.59. The SMILES string of the molecule is C=C(C)CCC(NC)c1ncccc1C. The Labute approximate surface area is 92.4 Å². The van der Waals surface area contributed by atoms with Gasteiger partial charge in [0.05, 0.1) is 5.69 Å². The first kappa shape index (κ1) is 11.9. The van der Waals surface area contributed by atoms with E-state index in [1.165, 1.54) is 11.1 Å². The molecule has 1 aromatic heterocycles. The molecule has 0 saturated heterocycles. The number of hydrogen-bond acceptors (Lipinski definition) is 2. The summed E-state index contributed by atoms with van der Waals surface area (Å²) in [6.45, 7) is 8.10. The lowest BCUT2D eigenvalue weighted by Gasteiger charge is -2.17. The fraction of sp³-hybridized carbons (Fsp3) is 0.462. The van der Waals surface area contributed by atoms with Gasteiger partial charge in [-0.15, -0.1) is 6.58 Å². The minimum atomic E-state index is 0.336. The molecule has 0 bridgehead atoms. The molecule has 1 unspecified atom stereocenters. The van der Waals surface area contributed by atoms with Crippen LogP contribution in [0.25, 0.3) is 0 Å². The van der Waals surface area contributed by atoms with Crippen molar-refractivity contribution in [2.45, 2.75) is 32.7 Å². The summed E-state index contributed by atoms with van der Waals surface area (Å²) in [5, 5.41) is 3.31. The number of nitrogens with one attached hydrogen (secondary N) is 1. The molecule has 0 saturated carbocycles. The molecule has 2 heteroatoms. The Morgan fingerprint density at radius 1 is 1.60 bits per heavy atom. The summed E-state index contributed by atoms with van der Waals surface area (Å²) in [5.41, 5.74) is 3.63. The fourth-order valence-corrected chi connectivity index (χ4v) is 1.67. The van der Waals surface area contributed by atoms with Gasteiger partial charge in [-0.05, 0) is 45.4 Å². The van der Waals surface area contributed by atoms with E-state index in [1.54, 1.807) is 0 Å². The van der Waals surface area contributed by atoms with Gasteiger partial charge >= 0.3 is 0 Å². The summed E-state index contributed by atoms with van der Waals surface area (Å²) in [6, 6.07) is 4.42. The summed E-state index contributed by atoms with van der Waals surface area (Å²) in [4.78, 5) is 4.44. The zero-order valence-electron chi connectivity index (χ0n) is 9.88. The van der Waals surface area contributed by atoms with E-state index in [1.807, 2.05) is 19.3 Å². The first-order chi connectivity index (χ1) is 7.15. The van der Waals surface area contributed by atoms with Crippen LogP contribution in [0, 0.1) is 6.92 Å². The highest BCUT2D eigenvalue weighted by atomic mass is 14.9. The first-order valence-corrected chi connectivity index (χ1v) is 5.38. The van der Waals surface area contributed by atoms with Gasteiger partial charge in [-0.3, -0.25) is 4.98 Å². The third-order valence-corrected chi connectivity index (χ3v) is 2.59. The van der Waals surface area contributed by atoms with Crippen molar-refractivity contribution >= 4 is 0 Å². The van der Waals surface area contributed by atoms with Crippen molar-refractivity contribution in [2.24, 2.45) is 0 Å². The number of pyridine rings is 1. The van der Waals surface area contributed by atoms with Crippen LogP contribution >= 0.6 is 0 Å². The number of allylic oxidation sites excluding steroid dienone is 1. The van der Waals surface area contributed by atoms with Crippen molar-refractivity contribution in [3.05, 3.63) is 41.7 Å². The molecule has 82 valence electrons. The summed E-state index contributed by atoms with van der Waals surface area (Å²) in [6.07, 6.45) is 3.96. The molecule has 0 spiro atoms. The molecule has 0 aromatic carbocycles. The molecular weight excluding hydrogens is 184 g/mol. The van der Waals surface area contributed by atoms with E-state index < -0.39 is 0 Å². The predicted octanol–water partition coefficient (Wildman–Crippen LogP) is 3.01. The lowest BCUT2D eigenvalue weighted by molar-refractivity contribution is 0.532. The molecule has 1 N–H and O–H groups in total. The van der Waals surface area contributed by atoms with Gasteiger partial charge in [-0.1, -0.05) is 11.6 Å². The van der Waals surface area contributed by atoms with Gasteiger partial charge in [-0.25, -0.2) is 0 Å². The molecule has 1 heterocycles. The van der Waals surface area contributed by atoms with Crippen molar-refractivity contribution < 1.29 is 0 Å². The van der Waals surface area contributed by atoms with E-state index in [2.05, 4.69) is 36.8 Å². The second-order valence-electron chi connectivity index (χ2n) is 4.04. The van der Waals surface area contributed by atoms with Crippen LogP contribution in [0.15, 0.2) is 30.5 Å². The van der Waals surface area contributed by atoms with Crippen LogP contribution in [0.3, 0.4) is 0 Å². The largest absolute Gasteiger partial charge is 0.312 e. The predicted molar refractivity (Wildman–Crippen MR) is 64.8 cm³/mol. The highest BCUT2D eigenvalue weighted by Gasteiger charge is 2.12. The molecule has 0 aliphatic carbocycles. The molecule has 0 aliphatic rings. The zero-order valence-corrected chi connectivity index (χ0v) is 9.88. The lowest BCUT2D eigenvalue weighted by Crippen LogP contribution is -2.18. The van der Waals surface area contributed by atoms with Crippen molar-refractivity contribution in [1.82, 2.24) is 10.3 Å². The van der Waals surface area contributed by atoms with Gasteiger partial charge in [0.25, 0.3) is 0 Å². The van der Waals surface area contributed by atoms with Crippen LogP contribution in [0.4, 0.5) is 0 Å². The van der Waals surface area contributed by atoms with E-state index in [9.17, 15) is 0 Å². The van der Waals surface area contributed by atoms with E-state index in [4.69, 9.17) is 0 Å². The second kappa shape index (κ2) is 5.66. The average Bonchev–Trinajstić information content (AvgIpc) is 2.21. The van der Waals surface area contributed by atoms with Gasteiger partial charge in [0.1, 0.15) is 0 Å². The van der Waals surface area contributed by atoms with Crippen LogP contribution < -0.4 is 5.32 Å². The summed E-state index contributed by atoms with van der Waals surface area (Å²) in [5.74, 6) is 0. The number of aryl methyl sites for hydroxylation is 1. The topological polar surface area (TPSA) is 24.9 Å². The van der Waals surface area contributed by atoms with Crippen LogP contribution in [-0.4, -0.2) is 12.0 Å². The Kier molecular flexibility index (Phi) is 4.50. The number of hydrogen-bond donors (Lipinski definition) is 1. The number of aromatic nitrogens is 1.